The predicted octanol–water partition coefficient (Wildman–Crippen LogP) is 2.03. The molecule has 2 N–H and O–H groups in total. The standard InChI is InChI=1S/C15H15BrN2O2/c16-12-6-4-11(5-7-12)15(13-3-1-2-8-17-13)14(19)18-9-10-20-15/h1-8,14,18-19H,9-10H2. The summed E-state index contributed by atoms with van der Waals surface area (Å²) in [5.74, 6) is 0. The van der Waals surface area contributed by atoms with Gasteiger partial charge in [-0.2, -0.15) is 0 Å². The molecule has 2 unspecified atom stereocenters. The number of aliphatic hydroxyl groups is 1. The minimum atomic E-state index is -0.972. The first-order valence-electron chi connectivity index (χ1n) is 6.46. The molecular weight excluding hydrogens is 320 g/mol. The molecule has 0 saturated carbocycles. The molecule has 0 spiro atoms. The number of nitrogens with zero attached hydrogens (tertiary/aromatic N) is 1. The molecule has 1 aromatic heterocycles. The average molecular weight is 335 g/mol. The quantitative estimate of drug-likeness (QED) is 0.882. The van der Waals surface area contributed by atoms with Gasteiger partial charge in [0.2, 0.25) is 0 Å². The summed E-state index contributed by atoms with van der Waals surface area (Å²) in [6.45, 7) is 1.13. The van der Waals surface area contributed by atoms with E-state index in [-0.39, 0.29) is 0 Å². The number of morpholine rings is 1. The molecule has 0 bridgehead atoms. The Morgan fingerprint density at radius 2 is 2.05 bits per heavy atom. The minimum absolute atomic E-state index is 0.518. The molecule has 1 aromatic carbocycles. The maximum absolute atomic E-state index is 10.5. The summed E-state index contributed by atoms with van der Waals surface area (Å²) in [5, 5.41) is 13.6. The van der Waals surface area contributed by atoms with E-state index in [0.717, 1.165) is 10.0 Å². The number of benzene rings is 1. The molecule has 1 aliphatic heterocycles. The van der Waals surface area contributed by atoms with E-state index in [1.165, 1.54) is 0 Å². The van der Waals surface area contributed by atoms with Crippen LogP contribution >= 0.6 is 15.9 Å². The van der Waals surface area contributed by atoms with Crippen molar-refractivity contribution in [3.8, 4) is 0 Å². The first-order chi connectivity index (χ1) is 9.73. The second-order valence-corrected chi connectivity index (χ2v) is 5.58. The topological polar surface area (TPSA) is 54.4 Å². The fourth-order valence-electron chi connectivity index (χ4n) is 2.51. The van der Waals surface area contributed by atoms with Crippen LogP contribution in [0.5, 0.6) is 0 Å². The van der Waals surface area contributed by atoms with E-state index >= 15 is 0 Å². The van der Waals surface area contributed by atoms with Crippen LogP contribution in [0.4, 0.5) is 0 Å². The van der Waals surface area contributed by atoms with Crippen molar-refractivity contribution in [2.24, 2.45) is 0 Å². The van der Waals surface area contributed by atoms with Gasteiger partial charge >= 0.3 is 0 Å². The molecule has 104 valence electrons. The van der Waals surface area contributed by atoms with Crippen LogP contribution in [0.15, 0.2) is 53.1 Å². The number of hydrogen-bond donors (Lipinski definition) is 2. The van der Waals surface area contributed by atoms with Gasteiger partial charge in [-0.1, -0.05) is 34.1 Å². The first-order valence-corrected chi connectivity index (χ1v) is 7.26. The van der Waals surface area contributed by atoms with E-state index in [9.17, 15) is 5.11 Å². The molecule has 5 heteroatoms. The Morgan fingerprint density at radius 3 is 2.70 bits per heavy atom. The van der Waals surface area contributed by atoms with Crippen LogP contribution in [0.1, 0.15) is 11.3 Å². The number of ether oxygens (including phenoxy) is 1. The molecule has 0 radical (unpaired) electrons. The van der Waals surface area contributed by atoms with E-state index in [1.54, 1.807) is 6.20 Å². The number of aliphatic hydroxyl groups excluding tert-OH is 1. The van der Waals surface area contributed by atoms with Gasteiger partial charge in [-0.25, -0.2) is 0 Å². The molecule has 2 heterocycles. The zero-order chi connectivity index (χ0) is 14.0. The van der Waals surface area contributed by atoms with Gasteiger partial charge in [0.15, 0.2) is 5.60 Å². The number of pyridine rings is 1. The molecule has 20 heavy (non-hydrogen) atoms. The van der Waals surface area contributed by atoms with Gasteiger partial charge in [-0.3, -0.25) is 10.3 Å². The molecule has 3 rings (SSSR count). The second kappa shape index (κ2) is 5.61. The Hall–Kier alpha value is -1.27. The van der Waals surface area contributed by atoms with Crippen molar-refractivity contribution < 1.29 is 9.84 Å². The Balaban J connectivity index is 2.15. The fourth-order valence-corrected chi connectivity index (χ4v) is 2.78. The van der Waals surface area contributed by atoms with Gasteiger partial charge in [0, 0.05) is 17.2 Å². The molecule has 1 aliphatic rings. The maximum Gasteiger partial charge on any atom is 0.174 e. The second-order valence-electron chi connectivity index (χ2n) is 4.66. The first kappa shape index (κ1) is 13.7. The third-order valence-corrected chi connectivity index (χ3v) is 4.00. The SMILES string of the molecule is OC1NCCOC1(c1ccc(Br)cc1)c1ccccn1. The lowest BCUT2D eigenvalue weighted by atomic mass is 9.86. The third-order valence-electron chi connectivity index (χ3n) is 3.47. The number of hydrogen-bond acceptors (Lipinski definition) is 4. The van der Waals surface area contributed by atoms with Crippen molar-refractivity contribution in [1.29, 1.82) is 0 Å². The fraction of sp³-hybridized carbons (Fsp3) is 0.267. The number of rotatable bonds is 2. The van der Waals surface area contributed by atoms with Crippen molar-refractivity contribution in [2.45, 2.75) is 11.8 Å². The van der Waals surface area contributed by atoms with E-state index in [2.05, 4.69) is 26.2 Å². The molecule has 1 saturated heterocycles. The molecule has 4 nitrogen and oxygen atoms in total. The van der Waals surface area contributed by atoms with Crippen LogP contribution < -0.4 is 5.32 Å². The van der Waals surface area contributed by atoms with Crippen LogP contribution in [-0.4, -0.2) is 29.5 Å². The summed E-state index contributed by atoms with van der Waals surface area (Å²) in [6, 6.07) is 13.4. The highest BCUT2D eigenvalue weighted by molar-refractivity contribution is 9.10. The normalized spacial score (nSPS) is 26.4. The Bertz CT molecular complexity index is 576. The van der Waals surface area contributed by atoms with Crippen molar-refractivity contribution in [2.75, 3.05) is 13.2 Å². The molecule has 0 aliphatic carbocycles. The van der Waals surface area contributed by atoms with Gasteiger partial charge in [0.1, 0.15) is 6.23 Å². The van der Waals surface area contributed by atoms with Gasteiger partial charge in [0.25, 0.3) is 0 Å². The summed E-state index contributed by atoms with van der Waals surface area (Å²) >= 11 is 3.42. The zero-order valence-corrected chi connectivity index (χ0v) is 12.4. The molecule has 2 aromatic rings. The number of aromatic nitrogens is 1. The summed E-state index contributed by atoms with van der Waals surface area (Å²) in [6.07, 6.45) is 0.869. The summed E-state index contributed by atoms with van der Waals surface area (Å²) in [4.78, 5) is 4.39. The van der Waals surface area contributed by atoms with E-state index < -0.39 is 11.8 Å². The van der Waals surface area contributed by atoms with Crippen LogP contribution in [0.3, 0.4) is 0 Å². The van der Waals surface area contributed by atoms with E-state index in [4.69, 9.17) is 4.74 Å². The van der Waals surface area contributed by atoms with Crippen LogP contribution in [0.2, 0.25) is 0 Å². The van der Waals surface area contributed by atoms with Crippen molar-refractivity contribution >= 4 is 15.9 Å². The number of halogens is 1. The largest absolute Gasteiger partial charge is 0.375 e. The highest BCUT2D eigenvalue weighted by Crippen LogP contribution is 2.37. The van der Waals surface area contributed by atoms with Crippen molar-refractivity contribution in [3.63, 3.8) is 0 Å². The van der Waals surface area contributed by atoms with Gasteiger partial charge in [-0.15, -0.1) is 0 Å². The molecule has 2 atom stereocenters. The zero-order valence-electron chi connectivity index (χ0n) is 10.8. The molecular formula is C15H15BrN2O2. The summed E-state index contributed by atoms with van der Waals surface area (Å²) < 4.78 is 6.98. The predicted molar refractivity (Wildman–Crippen MR) is 79.1 cm³/mol. The van der Waals surface area contributed by atoms with Crippen LogP contribution in [0, 0.1) is 0 Å². The molecule has 1 fully saturated rings. The summed E-state index contributed by atoms with van der Waals surface area (Å²) in [7, 11) is 0. The van der Waals surface area contributed by atoms with E-state index in [1.807, 2.05) is 42.5 Å². The molecule has 0 amide bonds. The summed E-state index contributed by atoms with van der Waals surface area (Å²) in [5.41, 5.74) is 0.598. The third kappa shape index (κ3) is 2.27. The Morgan fingerprint density at radius 1 is 1.25 bits per heavy atom. The van der Waals surface area contributed by atoms with Gasteiger partial charge in [0.05, 0.1) is 12.3 Å². The number of nitrogens with one attached hydrogen (secondary N) is 1. The highest BCUT2D eigenvalue weighted by atomic mass is 79.9. The maximum atomic E-state index is 10.5. The van der Waals surface area contributed by atoms with Gasteiger partial charge < -0.3 is 9.84 Å². The van der Waals surface area contributed by atoms with Crippen LogP contribution in [-0.2, 0) is 10.3 Å². The Labute approximate surface area is 125 Å². The highest BCUT2D eigenvalue weighted by Gasteiger charge is 2.46. The minimum Gasteiger partial charge on any atom is -0.375 e. The van der Waals surface area contributed by atoms with Crippen molar-refractivity contribution in [3.05, 3.63) is 64.4 Å². The smallest absolute Gasteiger partial charge is 0.174 e. The lowest BCUT2D eigenvalue weighted by Crippen LogP contribution is -2.56. The lowest BCUT2D eigenvalue weighted by Gasteiger charge is -2.41. The van der Waals surface area contributed by atoms with Crippen molar-refractivity contribution in [1.82, 2.24) is 10.3 Å². The Kier molecular flexibility index (Phi) is 3.85. The van der Waals surface area contributed by atoms with Crippen LogP contribution in [0.25, 0.3) is 0 Å². The van der Waals surface area contributed by atoms with Gasteiger partial charge in [-0.05, 0) is 29.8 Å². The average Bonchev–Trinajstić information content (AvgIpc) is 2.50. The van der Waals surface area contributed by atoms with E-state index in [0.29, 0.717) is 18.8 Å². The lowest BCUT2D eigenvalue weighted by molar-refractivity contribution is -0.145. The monoisotopic (exact) mass is 334 g/mol.